The molecular formula is C42H65NO10. The Morgan fingerprint density at radius 3 is 1.43 bits per heavy atom. The van der Waals surface area contributed by atoms with E-state index < -0.39 is 0 Å². The summed E-state index contributed by atoms with van der Waals surface area (Å²) in [5, 5.41) is 0. The standard InChI is InChI=1S/C42H65NO10/c1-3-4-5-6-7-8-9-10-11-20-41(44)52-34-33-51-32-31-50-30-29-49-28-27-48-26-25-47-24-23-46-22-21-43(2)42(45)53-35-40-38-18-14-12-16-36(38)37-17-13-15-19-39(37)40/h12-19,40H,3-11,20-35H2,1-2H3. The smallest absolute Gasteiger partial charge is 0.409 e. The Balaban J connectivity index is 1.00. The van der Waals surface area contributed by atoms with Crippen molar-refractivity contribution in [3.8, 4) is 11.1 Å². The fourth-order valence-corrected chi connectivity index (χ4v) is 6.07. The van der Waals surface area contributed by atoms with E-state index in [2.05, 4.69) is 31.2 Å². The van der Waals surface area contributed by atoms with E-state index in [0.29, 0.717) is 98.9 Å². The van der Waals surface area contributed by atoms with E-state index in [9.17, 15) is 9.59 Å². The summed E-state index contributed by atoms with van der Waals surface area (Å²) in [5.74, 6) is -0.102. The molecule has 11 nitrogen and oxygen atoms in total. The van der Waals surface area contributed by atoms with Gasteiger partial charge in [0.2, 0.25) is 0 Å². The summed E-state index contributed by atoms with van der Waals surface area (Å²) >= 11 is 0. The lowest BCUT2D eigenvalue weighted by Crippen LogP contribution is -2.32. The van der Waals surface area contributed by atoms with Gasteiger partial charge in [-0.2, -0.15) is 0 Å². The Bertz CT molecular complexity index is 1200. The highest BCUT2D eigenvalue weighted by molar-refractivity contribution is 5.79. The Hall–Kier alpha value is -3.06. The summed E-state index contributed by atoms with van der Waals surface area (Å²) in [7, 11) is 1.71. The molecule has 2 aromatic rings. The van der Waals surface area contributed by atoms with Crippen molar-refractivity contribution in [3.63, 3.8) is 0 Å². The Kier molecular flexibility index (Phi) is 24.5. The molecule has 0 unspecified atom stereocenters. The number of nitrogens with zero attached hydrogens (tertiary/aromatic N) is 1. The van der Waals surface area contributed by atoms with Crippen LogP contribution in [0.5, 0.6) is 0 Å². The summed E-state index contributed by atoms with van der Waals surface area (Å²) in [5.41, 5.74) is 4.80. The normalized spacial score (nSPS) is 12.1. The first-order chi connectivity index (χ1) is 26.1. The van der Waals surface area contributed by atoms with Crippen molar-refractivity contribution in [2.45, 2.75) is 77.0 Å². The average molecular weight is 744 g/mol. The summed E-state index contributed by atoms with van der Waals surface area (Å²) in [6.07, 6.45) is 11.2. The van der Waals surface area contributed by atoms with E-state index in [0.717, 1.165) is 12.8 Å². The van der Waals surface area contributed by atoms with Crippen molar-refractivity contribution >= 4 is 12.1 Å². The van der Waals surface area contributed by atoms with Crippen molar-refractivity contribution in [2.75, 3.05) is 106 Å². The van der Waals surface area contributed by atoms with Crippen LogP contribution in [0.4, 0.5) is 4.79 Å². The van der Waals surface area contributed by atoms with Crippen LogP contribution in [0.15, 0.2) is 48.5 Å². The number of fused-ring (bicyclic) bond motifs is 3. The number of amides is 1. The molecular weight excluding hydrogens is 678 g/mol. The first-order valence-corrected chi connectivity index (χ1v) is 19.8. The minimum absolute atomic E-state index is 0.0390. The van der Waals surface area contributed by atoms with E-state index >= 15 is 0 Å². The summed E-state index contributed by atoms with van der Waals surface area (Å²) < 4.78 is 44.1. The minimum atomic E-state index is -0.364. The highest BCUT2D eigenvalue weighted by Crippen LogP contribution is 2.44. The van der Waals surface area contributed by atoms with E-state index in [1.165, 1.54) is 72.1 Å². The van der Waals surface area contributed by atoms with Gasteiger partial charge in [-0.05, 0) is 28.7 Å². The predicted octanol–water partition coefficient (Wildman–Crippen LogP) is 7.43. The highest BCUT2D eigenvalue weighted by atomic mass is 16.6. The third-order valence-electron chi connectivity index (χ3n) is 9.05. The number of hydrogen-bond donors (Lipinski definition) is 0. The van der Waals surface area contributed by atoms with Crippen LogP contribution in [0.25, 0.3) is 11.1 Å². The molecule has 0 saturated carbocycles. The maximum atomic E-state index is 12.6. The fraction of sp³-hybridized carbons (Fsp3) is 0.667. The van der Waals surface area contributed by atoms with Gasteiger partial charge in [0.15, 0.2) is 0 Å². The average Bonchev–Trinajstić information content (AvgIpc) is 3.50. The van der Waals surface area contributed by atoms with Gasteiger partial charge in [0, 0.05) is 25.9 Å². The van der Waals surface area contributed by atoms with Gasteiger partial charge < -0.3 is 42.8 Å². The number of carbonyl (C=O) groups is 2. The van der Waals surface area contributed by atoms with Crippen LogP contribution < -0.4 is 0 Å². The second-order valence-electron chi connectivity index (χ2n) is 13.2. The molecule has 0 heterocycles. The molecule has 0 radical (unpaired) electrons. The second kappa shape index (κ2) is 29.3. The molecule has 1 amide bonds. The van der Waals surface area contributed by atoms with Crippen LogP contribution in [0.1, 0.15) is 88.2 Å². The third kappa shape index (κ3) is 19.2. The molecule has 0 aliphatic heterocycles. The fourth-order valence-electron chi connectivity index (χ4n) is 6.07. The molecule has 0 N–H and O–H groups in total. The molecule has 11 heteroatoms. The van der Waals surface area contributed by atoms with Gasteiger partial charge in [-0.25, -0.2) is 4.79 Å². The number of rotatable bonds is 33. The second-order valence-corrected chi connectivity index (χ2v) is 13.2. The number of carbonyl (C=O) groups excluding carboxylic acids is 2. The number of hydrogen-bond acceptors (Lipinski definition) is 10. The van der Waals surface area contributed by atoms with E-state index in [-0.39, 0.29) is 24.6 Å². The zero-order valence-corrected chi connectivity index (χ0v) is 32.4. The van der Waals surface area contributed by atoms with Crippen molar-refractivity contribution in [3.05, 3.63) is 59.7 Å². The summed E-state index contributed by atoms with van der Waals surface area (Å²) in [6, 6.07) is 16.6. The molecule has 0 bridgehead atoms. The van der Waals surface area contributed by atoms with Crippen molar-refractivity contribution < 1.29 is 47.5 Å². The van der Waals surface area contributed by atoms with Crippen LogP contribution in [0, 0.1) is 0 Å². The molecule has 0 saturated heterocycles. The number of benzene rings is 2. The predicted molar refractivity (Wildman–Crippen MR) is 205 cm³/mol. The summed E-state index contributed by atoms with van der Waals surface area (Å²) in [6.45, 7) is 8.63. The Morgan fingerprint density at radius 2 is 0.943 bits per heavy atom. The first-order valence-electron chi connectivity index (χ1n) is 19.8. The van der Waals surface area contributed by atoms with Crippen molar-refractivity contribution in [2.24, 2.45) is 0 Å². The first kappa shape index (κ1) is 44.3. The lowest BCUT2D eigenvalue weighted by molar-refractivity contribution is -0.145. The van der Waals surface area contributed by atoms with E-state index in [1.807, 2.05) is 24.3 Å². The van der Waals surface area contributed by atoms with E-state index in [4.69, 9.17) is 37.9 Å². The Labute approximate surface area is 317 Å². The molecule has 0 fully saturated rings. The van der Waals surface area contributed by atoms with Crippen LogP contribution in [-0.4, -0.2) is 123 Å². The molecule has 0 spiro atoms. The van der Waals surface area contributed by atoms with Crippen LogP contribution in [0.3, 0.4) is 0 Å². The van der Waals surface area contributed by atoms with Gasteiger partial charge in [0.05, 0.1) is 79.3 Å². The quantitative estimate of drug-likeness (QED) is 0.0541. The van der Waals surface area contributed by atoms with Gasteiger partial charge in [0.25, 0.3) is 0 Å². The van der Waals surface area contributed by atoms with Crippen molar-refractivity contribution in [1.29, 1.82) is 0 Å². The van der Waals surface area contributed by atoms with Crippen LogP contribution >= 0.6 is 0 Å². The molecule has 1 aliphatic carbocycles. The van der Waals surface area contributed by atoms with Gasteiger partial charge in [0.1, 0.15) is 13.2 Å². The molecule has 0 aromatic heterocycles. The SMILES string of the molecule is CCCCCCCCCCCC(=O)OCCOCCOCCOCCOCCOCCOCCN(C)C(=O)OCC1c2ccccc2-c2ccccc21. The zero-order chi connectivity index (χ0) is 37.6. The molecule has 53 heavy (non-hydrogen) atoms. The zero-order valence-electron chi connectivity index (χ0n) is 32.4. The lowest BCUT2D eigenvalue weighted by atomic mass is 9.98. The Morgan fingerprint density at radius 1 is 0.528 bits per heavy atom. The summed E-state index contributed by atoms with van der Waals surface area (Å²) in [4.78, 5) is 26.0. The molecule has 3 rings (SSSR count). The lowest BCUT2D eigenvalue weighted by Gasteiger charge is -2.19. The van der Waals surface area contributed by atoms with Gasteiger partial charge in [-0.1, -0.05) is 107 Å². The largest absolute Gasteiger partial charge is 0.463 e. The molecule has 298 valence electrons. The number of esters is 1. The van der Waals surface area contributed by atoms with Crippen LogP contribution in [0.2, 0.25) is 0 Å². The van der Waals surface area contributed by atoms with E-state index in [1.54, 1.807) is 7.05 Å². The van der Waals surface area contributed by atoms with Crippen molar-refractivity contribution in [1.82, 2.24) is 4.90 Å². The topological polar surface area (TPSA) is 111 Å². The molecule has 2 aromatic carbocycles. The highest BCUT2D eigenvalue weighted by Gasteiger charge is 2.29. The third-order valence-corrected chi connectivity index (χ3v) is 9.05. The van der Waals surface area contributed by atoms with Gasteiger partial charge in [-0.3, -0.25) is 4.79 Å². The number of unbranched alkanes of at least 4 members (excludes halogenated alkanes) is 8. The monoisotopic (exact) mass is 743 g/mol. The maximum absolute atomic E-state index is 12.6. The van der Waals surface area contributed by atoms with Crippen LogP contribution in [-0.2, 0) is 42.7 Å². The maximum Gasteiger partial charge on any atom is 0.409 e. The minimum Gasteiger partial charge on any atom is -0.463 e. The number of ether oxygens (including phenoxy) is 8. The van der Waals surface area contributed by atoms with Gasteiger partial charge in [-0.15, -0.1) is 0 Å². The number of likely N-dealkylation sites (N-methyl/N-ethyl adjacent to an activating group) is 1. The van der Waals surface area contributed by atoms with Gasteiger partial charge >= 0.3 is 12.1 Å². The molecule has 1 aliphatic rings. The molecule has 0 atom stereocenters.